The number of urea groups is 1. The van der Waals surface area contributed by atoms with Gasteiger partial charge in [-0.25, -0.2) is 26.4 Å². The highest BCUT2D eigenvalue weighted by Crippen LogP contribution is 2.23. The molecule has 0 bridgehead atoms. The SMILES string of the molecule is CC1CN(S(=O)(=O)c2ccc(NC(=O)N3CCC(NS(=O)(=O)C(C)(C)C)CC3)cc2)CC(C)O1. The lowest BCUT2D eigenvalue weighted by Gasteiger charge is -2.34. The molecular weight excluding hydrogens is 480 g/mol. The van der Waals surface area contributed by atoms with Gasteiger partial charge >= 0.3 is 6.03 Å². The highest BCUT2D eigenvalue weighted by molar-refractivity contribution is 7.90. The van der Waals surface area contributed by atoms with Gasteiger partial charge in [-0.2, -0.15) is 4.31 Å². The van der Waals surface area contributed by atoms with Crippen molar-refractivity contribution in [3.63, 3.8) is 0 Å². The quantitative estimate of drug-likeness (QED) is 0.618. The molecule has 192 valence electrons. The zero-order valence-corrected chi connectivity index (χ0v) is 22.1. The first-order valence-electron chi connectivity index (χ1n) is 11.5. The molecule has 12 heteroatoms. The fourth-order valence-electron chi connectivity index (χ4n) is 3.99. The number of hydrogen-bond donors (Lipinski definition) is 2. The molecule has 2 unspecified atom stereocenters. The Morgan fingerprint density at radius 3 is 2.00 bits per heavy atom. The van der Waals surface area contributed by atoms with E-state index in [1.165, 1.54) is 16.4 Å². The summed E-state index contributed by atoms with van der Waals surface area (Å²) in [7, 11) is -7.09. The Morgan fingerprint density at radius 2 is 1.50 bits per heavy atom. The van der Waals surface area contributed by atoms with Crippen LogP contribution in [-0.2, 0) is 24.8 Å². The van der Waals surface area contributed by atoms with Gasteiger partial charge in [0, 0.05) is 37.9 Å². The maximum atomic E-state index is 13.0. The summed E-state index contributed by atoms with van der Waals surface area (Å²) in [6, 6.07) is 5.61. The molecule has 0 aliphatic carbocycles. The number of amides is 2. The Bertz CT molecular complexity index is 1070. The number of carbonyl (C=O) groups excluding carboxylic acids is 1. The number of sulfonamides is 2. The third kappa shape index (κ3) is 6.28. The number of nitrogens with zero attached hydrogens (tertiary/aromatic N) is 2. The fourth-order valence-corrected chi connectivity index (χ4v) is 6.60. The zero-order chi connectivity index (χ0) is 25.3. The summed E-state index contributed by atoms with van der Waals surface area (Å²) in [6.45, 7) is 10.1. The maximum absolute atomic E-state index is 13.0. The molecule has 2 heterocycles. The van der Waals surface area contributed by atoms with Crippen LogP contribution in [0.25, 0.3) is 0 Å². The largest absolute Gasteiger partial charge is 0.373 e. The highest BCUT2D eigenvalue weighted by atomic mass is 32.2. The zero-order valence-electron chi connectivity index (χ0n) is 20.4. The predicted octanol–water partition coefficient (Wildman–Crippen LogP) is 2.20. The first-order chi connectivity index (χ1) is 15.7. The first kappa shape index (κ1) is 26.9. The van der Waals surface area contributed by atoms with Gasteiger partial charge in [-0.1, -0.05) is 0 Å². The van der Waals surface area contributed by atoms with Crippen LogP contribution in [0.3, 0.4) is 0 Å². The molecule has 0 aromatic heterocycles. The highest BCUT2D eigenvalue weighted by Gasteiger charge is 2.34. The van der Waals surface area contributed by atoms with Gasteiger partial charge in [0.15, 0.2) is 0 Å². The van der Waals surface area contributed by atoms with Crippen molar-refractivity contribution in [1.29, 1.82) is 0 Å². The molecule has 10 nitrogen and oxygen atoms in total. The number of carbonyl (C=O) groups is 1. The minimum absolute atomic E-state index is 0.166. The van der Waals surface area contributed by atoms with Gasteiger partial charge in [0.1, 0.15) is 0 Å². The molecule has 3 rings (SSSR count). The van der Waals surface area contributed by atoms with Gasteiger partial charge in [0.25, 0.3) is 0 Å². The van der Waals surface area contributed by atoms with E-state index in [9.17, 15) is 21.6 Å². The first-order valence-corrected chi connectivity index (χ1v) is 14.4. The van der Waals surface area contributed by atoms with Gasteiger partial charge in [-0.05, 0) is 71.7 Å². The number of benzene rings is 1. The average molecular weight is 517 g/mol. The summed E-state index contributed by atoms with van der Waals surface area (Å²) < 4.78 is 59.6. The summed E-state index contributed by atoms with van der Waals surface area (Å²) >= 11 is 0. The van der Waals surface area contributed by atoms with Crippen molar-refractivity contribution in [2.45, 2.75) is 75.4 Å². The molecule has 2 fully saturated rings. The van der Waals surface area contributed by atoms with Crippen molar-refractivity contribution in [2.75, 3.05) is 31.5 Å². The number of anilines is 1. The van der Waals surface area contributed by atoms with E-state index < -0.39 is 24.8 Å². The topological polar surface area (TPSA) is 125 Å². The molecule has 34 heavy (non-hydrogen) atoms. The predicted molar refractivity (Wildman–Crippen MR) is 131 cm³/mol. The summed E-state index contributed by atoms with van der Waals surface area (Å²) in [5.41, 5.74) is 0.489. The molecule has 1 aromatic carbocycles. The Morgan fingerprint density at radius 1 is 0.971 bits per heavy atom. The number of likely N-dealkylation sites (tertiary alicyclic amines) is 1. The van der Waals surface area contributed by atoms with E-state index >= 15 is 0 Å². The Hall–Kier alpha value is -1.73. The number of hydrogen-bond acceptors (Lipinski definition) is 6. The molecule has 0 saturated carbocycles. The van der Waals surface area contributed by atoms with E-state index in [1.807, 2.05) is 13.8 Å². The van der Waals surface area contributed by atoms with Crippen LogP contribution >= 0.6 is 0 Å². The van der Waals surface area contributed by atoms with Crippen molar-refractivity contribution >= 4 is 31.8 Å². The summed E-state index contributed by atoms with van der Waals surface area (Å²) in [5.74, 6) is 0. The lowest BCUT2D eigenvalue weighted by atomic mass is 10.1. The van der Waals surface area contributed by atoms with Crippen molar-refractivity contribution in [3.8, 4) is 0 Å². The van der Waals surface area contributed by atoms with Crippen LogP contribution in [0.15, 0.2) is 29.2 Å². The summed E-state index contributed by atoms with van der Waals surface area (Å²) in [5, 5.41) is 2.79. The third-order valence-corrected chi connectivity index (χ3v) is 10.1. The number of piperidine rings is 1. The number of morpholine rings is 1. The van der Waals surface area contributed by atoms with Gasteiger partial charge in [-0.15, -0.1) is 0 Å². The van der Waals surface area contributed by atoms with Crippen LogP contribution in [0.5, 0.6) is 0 Å². The van der Waals surface area contributed by atoms with E-state index in [4.69, 9.17) is 4.74 Å². The molecule has 2 N–H and O–H groups in total. The monoisotopic (exact) mass is 516 g/mol. The third-order valence-electron chi connectivity index (χ3n) is 6.04. The van der Waals surface area contributed by atoms with Crippen molar-refractivity contribution in [1.82, 2.24) is 13.9 Å². The standard InChI is InChI=1S/C22H36N4O6S2/c1-16-14-26(15-17(2)32-16)33(28,29)20-8-6-18(7-9-20)23-21(27)25-12-10-19(11-13-25)24-34(30,31)22(3,4)5/h6-9,16-17,19,24H,10-15H2,1-5H3,(H,23,27). The molecule has 0 radical (unpaired) electrons. The summed E-state index contributed by atoms with van der Waals surface area (Å²) in [6.07, 6.45) is 0.696. The van der Waals surface area contributed by atoms with E-state index in [0.717, 1.165) is 0 Å². The van der Waals surface area contributed by atoms with Crippen LogP contribution in [-0.4, -0.2) is 81.2 Å². The van der Waals surface area contributed by atoms with Crippen LogP contribution < -0.4 is 10.0 Å². The Balaban J connectivity index is 1.55. The lowest BCUT2D eigenvalue weighted by molar-refractivity contribution is -0.0440. The molecular formula is C22H36N4O6S2. The average Bonchev–Trinajstić information content (AvgIpc) is 2.73. The van der Waals surface area contributed by atoms with Crippen LogP contribution in [0.4, 0.5) is 10.5 Å². The molecule has 2 amide bonds. The fraction of sp³-hybridized carbons (Fsp3) is 0.682. The number of rotatable bonds is 5. The molecule has 2 saturated heterocycles. The van der Waals surface area contributed by atoms with Crippen molar-refractivity contribution in [2.24, 2.45) is 0 Å². The van der Waals surface area contributed by atoms with Gasteiger partial charge in [-0.3, -0.25) is 0 Å². The second-order valence-corrected chi connectivity index (χ2v) is 14.4. The number of ether oxygens (including phenoxy) is 1. The second kappa shape index (κ2) is 10.1. The van der Waals surface area contributed by atoms with E-state index in [2.05, 4.69) is 10.0 Å². The van der Waals surface area contributed by atoms with E-state index in [-0.39, 0.29) is 29.2 Å². The maximum Gasteiger partial charge on any atom is 0.321 e. The van der Waals surface area contributed by atoms with Crippen LogP contribution in [0, 0.1) is 0 Å². The van der Waals surface area contributed by atoms with Crippen molar-refractivity contribution in [3.05, 3.63) is 24.3 Å². The number of nitrogens with one attached hydrogen (secondary N) is 2. The second-order valence-electron chi connectivity index (χ2n) is 10.0. The van der Waals surface area contributed by atoms with Crippen LogP contribution in [0.2, 0.25) is 0 Å². The normalized spacial score (nSPS) is 23.6. The molecule has 1 aromatic rings. The molecule has 2 atom stereocenters. The lowest BCUT2D eigenvalue weighted by Crippen LogP contribution is -2.50. The molecule has 2 aliphatic heterocycles. The van der Waals surface area contributed by atoms with Crippen LogP contribution in [0.1, 0.15) is 47.5 Å². The minimum Gasteiger partial charge on any atom is -0.373 e. The van der Waals surface area contributed by atoms with Gasteiger partial charge < -0.3 is 15.0 Å². The summed E-state index contributed by atoms with van der Waals surface area (Å²) in [4.78, 5) is 14.4. The van der Waals surface area contributed by atoms with Gasteiger partial charge in [0.2, 0.25) is 20.0 Å². The molecule has 2 aliphatic rings. The van der Waals surface area contributed by atoms with Crippen molar-refractivity contribution < 1.29 is 26.4 Å². The smallest absolute Gasteiger partial charge is 0.321 e. The van der Waals surface area contributed by atoms with Gasteiger partial charge in [0.05, 0.1) is 21.9 Å². The molecule has 0 spiro atoms. The Kier molecular flexibility index (Phi) is 7.98. The van der Waals surface area contributed by atoms with E-state index in [0.29, 0.717) is 44.7 Å². The minimum atomic E-state index is -3.65. The van der Waals surface area contributed by atoms with E-state index in [1.54, 1.807) is 37.8 Å². The Labute approximate surface area is 203 Å².